The highest BCUT2D eigenvalue weighted by Gasteiger charge is 2.28. The molecule has 1 unspecified atom stereocenters. The smallest absolute Gasteiger partial charge is 0.355 e. The Hall–Kier alpha value is -5.14. The number of aromatic nitrogens is 3. The Bertz CT molecular complexity index is 2030. The highest BCUT2D eigenvalue weighted by Crippen LogP contribution is 2.38. The second-order valence-corrected chi connectivity index (χ2v) is 21.0. The highest BCUT2D eigenvalue weighted by molar-refractivity contribution is 7.93. The number of carbonyl (C=O) groups excluding carboxylic acids is 1. The Morgan fingerprint density at radius 1 is 1.02 bits per heavy atom. The van der Waals surface area contributed by atoms with Crippen molar-refractivity contribution < 1.29 is 50.5 Å². The van der Waals surface area contributed by atoms with E-state index in [1.807, 2.05) is 4.72 Å². The molecule has 14 nitrogen and oxygen atoms in total. The number of hydrogen-bond donors (Lipinski definition) is 4. The molecule has 298 valence electrons. The fourth-order valence-corrected chi connectivity index (χ4v) is 6.42. The number of ether oxygens (including phenoxy) is 3. The van der Waals surface area contributed by atoms with Crippen LogP contribution in [0, 0.1) is 5.82 Å². The largest absolute Gasteiger partial charge is 0.492 e. The lowest BCUT2D eigenvalue weighted by atomic mass is 10.1. The van der Waals surface area contributed by atoms with E-state index in [4.69, 9.17) is 25.1 Å². The van der Waals surface area contributed by atoms with E-state index in [9.17, 15) is 31.2 Å². The molecule has 2 aromatic carbocycles. The van der Waals surface area contributed by atoms with Gasteiger partial charge in [-0.15, -0.1) is 0 Å². The number of sulfonamides is 1. The Morgan fingerprint density at radius 3 is 2.36 bits per heavy atom. The van der Waals surface area contributed by atoms with Crippen molar-refractivity contribution in [2.75, 3.05) is 23.3 Å². The van der Waals surface area contributed by atoms with Crippen molar-refractivity contribution >= 4 is 47.3 Å². The van der Waals surface area contributed by atoms with Gasteiger partial charge in [-0.25, -0.2) is 22.5 Å². The van der Waals surface area contributed by atoms with Crippen LogP contribution in [0.15, 0.2) is 60.8 Å². The molecule has 4 aromatic rings. The molecular formula is C36H45F3N6O8SSi. The number of nitrogens with zero attached hydrogens (tertiary/aromatic N) is 3. The van der Waals surface area contributed by atoms with E-state index < -0.39 is 47.7 Å². The minimum Gasteiger partial charge on any atom is -0.492 e. The van der Waals surface area contributed by atoms with E-state index in [0.717, 1.165) is 6.04 Å². The van der Waals surface area contributed by atoms with Crippen LogP contribution in [0.3, 0.4) is 0 Å². The zero-order chi connectivity index (χ0) is 40.3. The second kappa shape index (κ2) is 18.9. The van der Waals surface area contributed by atoms with Crippen molar-refractivity contribution in [2.24, 2.45) is 5.73 Å². The molecule has 2 aromatic heterocycles. The molecular weight excluding hydrogens is 762 g/mol. The van der Waals surface area contributed by atoms with E-state index in [2.05, 4.69) is 35.0 Å². The fourth-order valence-electron chi connectivity index (χ4n) is 5.09. The lowest BCUT2D eigenvalue weighted by Crippen LogP contribution is -2.22. The average molecular weight is 807 g/mol. The number of hydrogen-bond acceptors (Lipinski definition) is 10. The molecule has 5 N–H and O–H groups in total. The van der Waals surface area contributed by atoms with Gasteiger partial charge in [-0.2, -0.15) is 13.9 Å². The normalized spacial score (nSPS) is 12.4. The van der Waals surface area contributed by atoms with Gasteiger partial charge >= 0.3 is 11.7 Å². The summed E-state index contributed by atoms with van der Waals surface area (Å²) in [7, 11) is -6.59. The van der Waals surface area contributed by atoms with Gasteiger partial charge in [0.15, 0.2) is 0 Å². The molecule has 2 heterocycles. The van der Waals surface area contributed by atoms with Crippen molar-refractivity contribution in [3.05, 3.63) is 77.7 Å². The average Bonchev–Trinajstić information content (AvgIpc) is 3.47. The van der Waals surface area contributed by atoms with E-state index in [1.54, 1.807) is 19.1 Å². The number of carboxylic acid groups (broad SMARTS) is 1. The summed E-state index contributed by atoms with van der Waals surface area (Å²) in [6.45, 7) is 8.85. The molecule has 55 heavy (non-hydrogen) atoms. The van der Waals surface area contributed by atoms with Crippen LogP contribution >= 0.6 is 0 Å². The van der Waals surface area contributed by atoms with Gasteiger partial charge in [0.1, 0.15) is 53.0 Å². The summed E-state index contributed by atoms with van der Waals surface area (Å²) < 4.78 is 85.8. The summed E-state index contributed by atoms with van der Waals surface area (Å²) >= 11 is 0. The summed E-state index contributed by atoms with van der Waals surface area (Å²) in [6, 6.07) is 13.3. The van der Waals surface area contributed by atoms with Gasteiger partial charge in [-0.05, 0) is 74.2 Å². The number of anilines is 3. The van der Waals surface area contributed by atoms with Gasteiger partial charge in [0.2, 0.25) is 0 Å². The highest BCUT2D eigenvalue weighted by atomic mass is 32.2. The Morgan fingerprint density at radius 2 is 1.75 bits per heavy atom. The van der Waals surface area contributed by atoms with E-state index >= 15 is 0 Å². The zero-order valence-electron chi connectivity index (χ0n) is 30.9. The summed E-state index contributed by atoms with van der Waals surface area (Å²) in [5.74, 6) is -5.28. The van der Waals surface area contributed by atoms with Gasteiger partial charge in [-0.1, -0.05) is 37.8 Å². The number of amides is 1. The maximum atomic E-state index is 13.6. The van der Waals surface area contributed by atoms with Crippen molar-refractivity contribution in [2.45, 2.75) is 76.9 Å². The van der Waals surface area contributed by atoms with Crippen LogP contribution in [0.25, 0.3) is 11.3 Å². The first-order valence-electron chi connectivity index (χ1n) is 17.4. The van der Waals surface area contributed by atoms with Crippen LogP contribution < -0.4 is 25.2 Å². The molecule has 1 amide bonds. The molecule has 19 heteroatoms. The number of primary amides is 1. The number of benzene rings is 2. The Labute approximate surface area is 318 Å². The Balaban J connectivity index is 1.70. The SMILES string of the molecule is CC(Oc1cc(-c2nn(COCC[Si](C)(C)C)c(Nc3ccc(OCCCCCC(=O)O)cn3)c2C(N)=O)ccc1NS(=O)(=O)C(F)F)c1ccc(F)cc1. The first-order valence-corrected chi connectivity index (χ1v) is 22.6. The van der Waals surface area contributed by atoms with Crippen molar-refractivity contribution in [1.29, 1.82) is 0 Å². The molecule has 1 atom stereocenters. The first kappa shape index (κ1) is 42.6. The Kier molecular flexibility index (Phi) is 14.7. The number of rotatable bonds is 22. The van der Waals surface area contributed by atoms with Crippen LogP contribution in [-0.2, 0) is 26.3 Å². The number of nitrogens with one attached hydrogen (secondary N) is 2. The monoisotopic (exact) mass is 806 g/mol. The van der Waals surface area contributed by atoms with Gasteiger partial charge in [0.25, 0.3) is 15.9 Å². The molecule has 0 spiro atoms. The topological polar surface area (TPSA) is 197 Å². The summed E-state index contributed by atoms with van der Waals surface area (Å²) in [5, 5.41) is 16.5. The van der Waals surface area contributed by atoms with Crippen LogP contribution in [0.2, 0.25) is 25.7 Å². The zero-order valence-corrected chi connectivity index (χ0v) is 32.7. The maximum Gasteiger partial charge on any atom is 0.355 e. The van der Waals surface area contributed by atoms with Crippen LogP contribution in [0.1, 0.15) is 54.6 Å². The lowest BCUT2D eigenvalue weighted by molar-refractivity contribution is -0.137. The molecule has 0 bridgehead atoms. The first-order chi connectivity index (χ1) is 25.9. The maximum absolute atomic E-state index is 13.6. The fraction of sp³-hybridized carbons (Fsp3) is 0.389. The molecule has 0 aliphatic rings. The number of carboxylic acids is 1. The number of alkyl halides is 2. The van der Waals surface area contributed by atoms with Gasteiger partial charge in [0, 0.05) is 26.7 Å². The van der Waals surface area contributed by atoms with Gasteiger partial charge in [0.05, 0.1) is 18.5 Å². The molecule has 0 aliphatic heterocycles. The number of pyridine rings is 1. The number of halogens is 3. The molecule has 0 radical (unpaired) electrons. The number of nitrogens with two attached hydrogens (primary N) is 1. The van der Waals surface area contributed by atoms with Gasteiger partial charge < -0.3 is 30.4 Å². The molecule has 0 saturated heterocycles. The van der Waals surface area contributed by atoms with Gasteiger partial charge in [-0.3, -0.25) is 14.3 Å². The molecule has 0 fully saturated rings. The molecule has 0 saturated carbocycles. The lowest BCUT2D eigenvalue weighted by Gasteiger charge is -2.19. The van der Waals surface area contributed by atoms with E-state index in [1.165, 1.54) is 53.3 Å². The summed E-state index contributed by atoms with van der Waals surface area (Å²) in [4.78, 5) is 28.3. The standard InChI is InChI=1S/C36H45F3N6O8SSi/c1-23(24-9-12-26(37)13-10-24)53-29-20-25(11-15-28(29)44-54(49,50)36(38)39)33-32(34(40)48)35(45(43-33)22-51-18-19-55(2,3)4)42-30-16-14-27(21-41-30)52-17-7-5-6-8-31(46)47/h9-16,20-21,23,36,44H,5-8,17-19,22H2,1-4H3,(H2,40,48)(H,41,42)(H,46,47). The second-order valence-electron chi connectivity index (χ2n) is 13.8. The number of aliphatic carboxylic acids is 1. The molecule has 0 aliphatic carbocycles. The van der Waals surface area contributed by atoms with E-state index in [-0.39, 0.29) is 47.2 Å². The third-order valence-electron chi connectivity index (χ3n) is 8.08. The van der Waals surface area contributed by atoms with Crippen LogP contribution in [-0.4, -0.2) is 67.2 Å². The number of carbonyl (C=O) groups is 2. The number of unbranched alkanes of at least 4 members (excludes halogenated alkanes) is 2. The van der Waals surface area contributed by atoms with Crippen LogP contribution in [0.5, 0.6) is 11.5 Å². The summed E-state index contributed by atoms with van der Waals surface area (Å²) in [5.41, 5.74) is 6.27. The quantitative estimate of drug-likeness (QED) is 0.0457. The minimum absolute atomic E-state index is 0.0363. The predicted octanol–water partition coefficient (Wildman–Crippen LogP) is 7.37. The van der Waals surface area contributed by atoms with E-state index in [0.29, 0.717) is 49.6 Å². The minimum atomic E-state index is -5.12. The van der Waals surface area contributed by atoms with Crippen molar-refractivity contribution in [1.82, 2.24) is 14.8 Å². The predicted molar refractivity (Wildman–Crippen MR) is 203 cm³/mol. The van der Waals surface area contributed by atoms with Crippen molar-refractivity contribution in [3.8, 4) is 22.8 Å². The van der Waals surface area contributed by atoms with Crippen LogP contribution in [0.4, 0.5) is 30.5 Å². The summed E-state index contributed by atoms with van der Waals surface area (Å²) in [6.07, 6.45) is 2.65. The third kappa shape index (κ3) is 12.7. The van der Waals surface area contributed by atoms with Crippen molar-refractivity contribution in [3.63, 3.8) is 0 Å². The third-order valence-corrected chi connectivity index (χ3v) is 10.8. The molecule has 4 rings (SSSR count).